The average Bonchev–Trinajstić information content (AvgIpc) is 2.76. The van der Waals surface area contributed by atoms with E-state index in [0.29, 0.717) is 0 Å². The molecule has 1 unspecified atom stereocenters. The van der Waals surface area contributed by atoms with Crippen LogP contribution < -0.4 is 16.0 Å². The van der Waals surface area contributed by atoms with E-state index < -0.39 is 5.69 Å². The quantitative estimate of drug-likeness (QED) is 0.838. The summed E-state index contributed by atoms with van der Waals surface area (Å²) in [6.07, 6.45) is 1.91. The first-order chi connectivity index (χ1) is 8.74. The van der Waals surface area contributed by atoms with Gasteiger partial charge < -0.3 is 9.72 Å². The second-order valence-electron chi connectivity index (χ2n) is 4.28. The Hall–Kier alpha value is -2.30. The number of benzene rings is 1. The second kappa shape index (κ2) is 4.18. The molecule has 0 saturated heterocycles. The molecule has 1 aliphatic heterocycles. The van der Waals surface area contributed by atoms with Gasteiger partial charge in [0.05, 0.1) is 6.54 Å². The van der Waals surface area contributed by atoms with E-state index in [0.717, 1.165) is 22.3 Å². The molecule has 5 heteroatoms. The number of hydrogen-bond donors (Lipinski definition) is 1. The van der Waals surface area contributed by atoms with Crippen molar-refractivity contribution in [3.05, 3.63) is 62.9 Å². The molecule has 0 fully saturated rings. The van der Waals surface area contributed by atoms with Crippen molar-refractivity contribution >= 4 is 0 Å². The minimum absolute atomic E-state index is 0.163. The lowest BCUT2D eigenvalue weighted by Crippen LogP contribution is -2.38. The minimum atomic E-state index is -0.401. The predicted molar refractivity (Wildman–Crippen MR) is 65.9 cm³/mol. The molecule has 1 aromatic heterocycles. The van der Waals surface area contributed by atoms with E-state index in [9.17, 15) is 9.59 Å². The lowest BCUT2D eigenvalue weighted by Gasteiger charge is -2.11. The zero-order valence-corrected chi connectivity index (χ0v) is 9.63. The standard InChI is InChI=1S/C13H12N2O3/c16-12-5-6-14-13(17)15(12)8-10-7-9-3-1-2-4-11(9)18-10/h1-6,10H,7-8H2,(H,14,17). The van der Waals surface area contributed by atoms with Crippen LogP contribution in [-0.2, 0) is 13.0 Å². The third-order valence-electron chi connectivity index (χ3n) is 3.04. The molecule has 5 nitrogen and oxygen atoms in total. The molecule has 3 rings (SSSR count). The van der Waals surface area contributed by atoms with E-state index in [2.05, 4.69) is 4.98 Å². The van der Waals surface area contributed by atoms with Gasteiger partial charge in [0.25, 0.3) is 5.56 Å². The Bertz CT molecular complexity index is 634. The Morgan fingerprint density at radius 3 is 2.89 bits per heavy atom. The minimum Gasteiger partial charge on any atom is -0.488 e. The summed E-state index contributed by atoms with van der Waals surface area (Å²) in [5.41, 5.74) is 0.406. The molecule has 0 saturated carbocycles. The zero-order chi connectivity index (χ0) is 12.5. The molecule has 18 heavy (non-hydrogen) atoms. The summed E-state index contributed by atoms with van der Waals surface area (Å²) in [6.45, 7) is 0.268. The summed E-state index contributed by atoms with van der Waals surface area (Å²) in [6, 6.07) is 9.08. The molecular formula is C13H12N2O3. The number of aromatic nitrogens is 2. The Labute approximate surface area is 103 Å². The lowest BCUT2D eigenvalue weighted by atomic mass is 10.1. The van der Waals surface area contributed by atoms with E-state index in [1.54, 1.807) is 0 Å². The van der Waals surface area contributed by atoms with Crippen LogP contribution in [-0.4, -0.2) is 15.7 Å². The maximum Gasteiger partial charge on any atom is 0.328 e. The van der Waals surface area contributed by atoms with Gasteiger partial charge in [0, 0.05) is 18.7 Å². The molecule has 0 bridgehead atoms. The van der Waals surface area contributed by atoms with Gasteiger partial charge in [0.2, 0.25) is 0 Å². The van der Waals surface area contributed by atoms with E-state index in [-0.39, 0.29) is 18.2 Å². The van der Waals surface area contributed by atoms with Gasteiger partial charge in [0.15, 0.2) is 0 Å². The number of nitrogens with one attached hydrogen (secondary N) is 1. The number of ether oxygens (including phenoxy) is 1. The molecule has 0 aliphatic carbocycles. The molecule has 0 radical (unpaired) electrons. The normalized spacial score (nSPS) is 17.2. The first-order valence-electron chi connectivity index (χ1n) is 5.77. The second-order valence-corrected chi connectivity index (χ2v) is 4.28. The van der Waals surface area contributed by atoms with Crippen LogP contribution in [0.3, 0.4) is 0 Å². The Morgan fingerprint density at radius 2 is 2.11 bits per heavy atom. The smallest absolute Gasteiger partial charge is 0.328 e. The topological polar surface area (TPSA) is 64.1 Å². The Kier molecular flexibility index (Phi) is 2.51. The number of para-hydroxylation sites is 1. The van der Waals surface area contributed by atoms with Gasteiger partial charge in [-0.3, -0.25) is 9.36 Å². The molecule has 2 heterocycles. The highest BCUT2D eigenvalue weighted by atomic mass is 16.5. The van der Waals surface area contributed by atoms with Crippen molar-refractivity contribution in [1.82, 2.24) is 9.55 Å². The monoisotopic (exact) mass is 244 g/mol. The molecule has 1 atom stereocenters. The maximum absolute atomic E-state index is 11.6. The first-order valence-corrected chi connectivity index (χ1v) is 5.77. The van der Waals surface area contributed by atoms with Gasteiger partial charge in [-0.25, -0.2) is 4.79 Å². The van der Waals surface area contributed by atoms with Crippen LogP contribution >= 0.6 is 0 Å². The number of nitrogens with zero attached hydrogens (tertiary/aromatic N) is 1. The highest BCUT2D eigenvalue weighted by Gasteiger charge is 2.23. The molecule has 0 spiro atoms. The summed E-state index contributed by atoms with van der Waals surface area (Å²) >= 11 is 0. The van der Waals surface area contributed by atoms with Crippen molar-refractivity contribution in [2.24, 2.45) is 0 Å². The largest absolute Gasteiger partial charge is 0.488 e. The van der Waals surface area contributed by atoms with Crippen molar-refractivity contribution < 1.29 is 4.74 Å². The highest BCUT2D eigenvalue weighted by Crippen LogP contribution is 2.28. The molecule has 1 N–H and O–H groups in total. The number of aromatic amines is 1. The van der Waals surface area contributed by atoms with E-state index in [1.165, 1.54) is 12.3 Å². The number of fused-ring (bicyclic) bond motifs is 1. The number of hydrogen-bond acceptors (Lipinski definition) is 3. The van der Waals surface area contributed by atoms with Crippen LogP contribution in [0.2, 0.25) is 0 Å². The molecule has 92 valence electrons. The van der Waals surface area contributed by atoms with Crippen LogP contribution in [0, 0.1) is 0 Å². The van der Waals surface area contributed by atoms with Crippen LogP contribution in [0.1, 0.15) is 5.56 Å². The van der Waals surface area contributed by atoms with Gasteiger partial charge in [0.1, 0.15) is 11.9 Å². The number of rotatable bonds is 2. The first kappa shape index (κ1) is 10.8. The summed E-state index contributed by atoms with van der Waals surface area (Å²) in [4.78, 5) is 25.6. The Balaban J connectivity index is 1.85. The zero-order valence-electron chi connectivity index (χ0n) is 9.63. The van der Waals surface area contributed by atoms with Gasteiger partial charge in [-0.2, -0.15) is 0 Å². The molecule has 0 amide bonds. The van der Waals surface area contributed by atoms with Crippen LogP contribution in [0.15, 0.2) is 46.1 Å². The van der Waals surface area contributed by atoms with Gasteiger partial charge in [-0.15, -0.1) is 0 Å². The highest BCUT2D eigenvalue weighted by molar-refractivity contribution is 5.37. The van der Waals surface area contributed by atoms with Crippen molar-refractivity contribution in [2.75, 3.05) is 0 Å². The van der Waals surface area contributed by atoms with Crippen LogP contribution in [0.5, 0.6) is 5.75 Å². The maximum atomic E-state index is 11.6. The molecule has 1 aromatic carbocycles. The van der Waals surface area contributed by atoms with Crippen molar-refractivity contribution in [3.63, 3.8) is 0 Å². The van der Waals surface area contributed by atoms with Gasteiger partial charge in [-0.1, -0.05) is 18.2 Å². The lowest BCUT2D eigenvalue weighted by molar-refractivity contribution is 0.205. The fraction of sp³-hybridized carbons (Fsp3) is 0.231. The molecule has 2 aromatic rings. The van der Waals surface area contributed by atoms with Crippen molar-refractivity contribution in [3.8, 4) is 5.75 Å². The summed E-state index contributed by atoms with van der Waals surface area (Å²) in [5, 5.41) is 0. The van der Waals surface area contributed by atoms with Crippen LogP contribution in [0.25, 0.3) is 0 Å². The molecule has 1 aliphatic rings. The predicted octanol–water partition coefficient (Wildman–Crippen LogP) is 0.540. The number of H-pyrrole nitrogens is 1. The fourth-order valence-electron chi connectivity index (χ4n) is 2.18. The SMILES string of the molecule is O=c1cc[nH]c(=O)n1CC1Cc2ccccc2O1. The Morgan fingerprint density at radius 1 is 1.28 bits per heavy atom. The van der Waals surface area contributed by atoms with Gasteiger partial charge in [-0.05, 0) is 11.6 Å². The van der Waals surface area contributed by atoms with E-state index >= 15 is 0 Å². The average molecular weight is 244 g/mol. The third-order valence-corrected chi connectivity index (χ3v) is 3.04. The van der Waals surface area contributed by atoms with Crippen molar-refractivity contribution in [1.29, 1.82) is 0 Å². The van der Waals surface area contributed by atoms with Crippen molar-refractivity contribution in [2.45, 2.75) is 19.1 Å². The van der Waals surface area contributed by atoms with E-state index in [4.69, 9.17) is 4.74 Å². The summed E-state index contributed by atoms with van der Waals surface area (Å²) in [5.74, 6) is 0.836. The third kappa shape index (κ3) is 1.84. The van der Waals surface area contributed by atoms with Gasteiger partial charge >= 0.3 is 5.69 Å². The summed E-state index contributed by atoms with van der Waals surface area (Å²) < 4.78 is 6.87. The molecular weight excluding hydrogens is 232 g/mol. The van der Waals surface area contributed by atoms with Crippen LogP contribution in [0.4, 0.5) is 0 Å². The fourth-order valence-corrected chi connectivity index (χ4v) is 2.18. The summed E-state index contributed by atoms with van der Waals surface area (Å²) in [7, 11) is 0. The van der Waals surface area contributed by atoms with E-state index in [1.807, 2.05) is 24.3 Å².